The molecule has 0 aliphatic rings. The van der Waals surface area contributed by atoms with Gasteiger partial charge in [-0.15, -0.1) is 0 Å². The van der Waals surface area contributed by atoms with E-state index >= 15 is 0 Å². The summed E-state index contributed by atoms with van der Waals surface area (Å²) in [6, 6.07) is 25.5. The molecule has 176 valence electrons. The van der Waals surface area contributed by atoms with Gasteiger partial charge >= 0.3 is 5.69 Å². The maximum atomic E-state index is 13.4. The highest BCUT2D eigenvalue weighted by atomic mass is 35.5. The smallest absolute Gasteiger partial charge is 0.330 e. The van der Waals surface area contributed by atoms with Gasteiger partial charge in [-0.3, -0.25) is 24.0 Å². The Kier molecular flexibility index (Phi) is 7.28. The summed E-state index contributed by atoms with van der Waals surface area (Å²) in [5.74, 6) is -0.589. The van der Waals surface area contributed by atoms with Crippen molar-refractivity contribution in [3.8, 4) is 0 Å². The number of carbonyl (C=O) groups is 1. The SMILES string of the molecule is Nc1c(N(Cc2ccccc2)C(=O)/C=C/c2ccccc2Cl)c(=O)[nH]c(=O)n1Cc1ccccc1. The van der Waals surface area contributed by atoms with Crippen LogP contribution in [0.15, 0.2) is 101 Å². The van der Waals surface area contributed by atoms with E-state index in [0.29, 0.717) is 10.6 Å². The van der Waals surface area contributed by atoms with Gasteiger partial charge in [0.25, 0.3) is 11.5 Å². The predicted molar refractivity (Wildman–Crippen MR) is 139 cm³/mol. The zero-order valence-electron chi connectivity index (χ0n) is 18.7. The van der Waals surface area contributed by atoms with Gasteiger partial charge in [-0.1, -0.05) is 90.5 Å². The number of carbonyl (C=O) groups excluding carboxylic acids is 1. The largest absolute Gasteiger partial charge is 0.383 e. The van der Waals surface area contributed by atoms with Crippen LogP contribution in [0, 0.1) is 0 Å². The van der Waals surface area contributed by atoms with Crippen molar-refractivity contribution in [3.05, 3.63) is 134 Å². The fraction of sp³-hybridized carbons (Fsp3) is 0.0741. The van der Waals surface area contributed by atoms with Crippen molar-refractivity contribution < 1.29 is 4.79 Å². The Morgan fingerprint density at radius 2 is 1.51 bits per heavy atom. The molecule has 0 saturated carbocycles. The average molecular weight is 487 g/mol. The third-order valence-electron chi connectivity index (χ3n) is 5.43. The highest BCUT2D eigenvalue weighted by Gasteiger charge is 2.23. The van der Waals surface area contributed by atoms with Gasteiger partial charge in [0.15, 0.2) is 5.69 Å². The van der Waals surface area contributed by atoms with Crippen molar-refractivity contribution >= 4 is 35.1 Å². The molecular weight excluding hydrogens is 464 g/mol. The predicted octanol–water partition coefficient (Wildman–Crippen LogP) is 4.07. The van der Waals surface area contributed by atoms with Gasteiger partial charge in [-0.25, -0.2) is 4.79 Å². The lowest BCUT2D eigenvalue weighted by atomic mass is 10.1. The average Bonchev–Trinajstić information content (AvgIpc) is 2.86. The molecule has 1 aromatic heterocycles. The topological polar surface area (TPSA) is 101 Å². The standard InChI is InChI=1S/C27H23ClN4O3/c28-22-14-8-7-13-21(22)15-16-23(33)31(17-19-9-3-1-4-10-19)24-25(29)32(27(35)30-26(24)34)18-20-11-5-2-6-12-20/h1-16H,17-18,29H2,(H,30,34,35)/b16-15+. The second kappa shape index (κ2) is 10.7. The van der Waals surface area contributed by atoms with Gasteiger partial charge in [0.1, 0.15) is 5.82 Å². The molecule has 0 fully saturated rings. The Bertz CT molecular complexity index is 1480. The van der Waals surface area contributed by atoms with E-state index in [1.807, 2.05) is 60.7 Å². The first kappa shape index (κ1) is 23.8. The molecule has 1 amide bonds. The number of aromatic amines is 1. The number of halogens is 1. The number of anilines is 2. The van der Waals surface area contributed by atoms with Gasteiger partial charge in [0.05, 0.1) is 13.1 Å². The third-order valence-corrected chi connectivity index (χ3v) is 5.77. The van der Waals surface area contributed by atoms with E-state index in [4.69, 9.17) is 17.3 Å². The number of aromatic nitrogens is 2. The number of H-pyrrole nitrogens is 1. The molecule has 0 atom stereocenters. The minimum Gasteiger partial charge on any atom is -0.383 e. The van der Waals surface area contributed by atoms with E-state index in [2.05, 4.69) is 4.98 Å². The molecule has 4 rings (SSSR count). The van der Waals surface area contributed by atoms with Gasteiger partial charge in [0.2, 0.25) is 0 Å². The van der Waals surface area contributed by atoms with Gasteiger partial charge in [-0.05, 0) is 28.8 Å². The third kappa shape index (κ3) is 5.59. The molecule has 0 radical (unpaired) electrons. The number of nitrogens with two attached hydrogens (primary N) is 1. The van der Waals surface area contributed by atoms with Crippen molar-refractivity contribution in [2.45, 2.75) is 13.1 Å². The van der Waals surface area contributed by atoms with E-state index < -0.39 is 17.2 Å². The lowest BCUT2D eigenvalue weighted by Crippen LogP contribution is -2.40. The lowest BCUT2D eigenvalue weighted by Gasteiger charge is -2.23. The Hall–Kier alpha value is -4.36. The van der Waals surface area contributed by atoms with E-state index in [9.17, 15) is 14.4 Å². The normalized spacial score (nSPS) is 11.0. The van der Waals surface area contributed by atoms with E-state index in [0.717, 1.165) is 11.1 Å². The number of hydrogen-bond donors (Lipinski definition) is 2. The number of hydrogen-bond acceptors (Lipinski definition) is 4. The van der Waals surface area contributed by atoms with Crippen molar-refractivity contribution in [3.63, 3.8) is 0 Å². The molecule has 0 spiro atoms. The van der Waals surface area contributed by atoms with Crippen LogP contribution in [0.1, 0.15) is 16.7 Å². The van der Waals surface area contributed by atoms with Crippen LogP contribution in [-0.4, -0.2) is 15.5 Å². The fourth-order valence-corrected chi connectivity index (χ4v) is 3.85. The van der Waals surface area contributed by atoms with Gasteiger partial charge < -0.3 is 5.73 Å². The van der Waals surface area contributed by atoms with Crippen LogP contribution < -0.4 is 21.9 Å². The van der Waals surface area contributed by atoms with Crippen LogP contribution in [0.5, 0.6) is 0 Å². The summed E-state index contributed by atoms with van der Waals surface area (Å²) in [5, 5.41) is 0.486. The molecule has 1 heterocycles. The van der Waals surface area contributed by atoms with Crippen LogP contribution in [-0.2, 0) is 17.9 Å². The number of benzene rings is 3. The summed E-state index contributed by atoms with van der Waals surface area (Å²) in [6.45, 7) is 0.210. The van der Waals surface area contributed by atoms with E-state index in [1.165, 1.54) is 15.5 Å². The molecule has 0 unspecified atom stereocenters. The molecule has 8 heteroatoms. The van der Waals surface area contributed by atoms with Crippen molar-refractivity contribution in [1.29, 1.82) is 0 Å². The fourth-order valence-electron chi connectivity index (χ4n) is 3.66. The Morgan fingerprint density at radius 3 is 2.17 bits per heavy atom. The van der Waals surface area contributed by atoms with Crippen LogP contribution in [0.4, 0.5) is 11.5 Å². The Labute approximate surface area is 206 Å². The van der Waals surface area contributed by atoms with Crippen LogP contribution >= 0.6 is 11.6 Å². The van der Waals surface area contributed by atoms with E-state index in [1.54, 1.807) is 30.3 Å². The molecule has 4 aromatic rings. The molecule has 3 aromatic carbocycles. The van der Waals surface area contributed by atoms with Crippen molar-refractivity contribution in [1.82, 2.24) is 9.55 Å². The molecular formula is C27H23ClN4O3. The monoisotopic (exact) mass is 486 g/mol. The highest BCUT2D eigenvalue weighted by molar-refractivity contribution is 6.32. The highest BCUT2D eigenvalue weighted by Crippen LogP contribution is 2.22. The van der Waals surface area contributed by atoms with Crippen molar-refractivity contribution in [2.75, 3.05) is 10.6 Å². The molecule has 35 heavy (non-hydrogen) atoms. The second-order valence-electron chi connectivity index (χ2n) is 7.83. The van der Waals surface area contributed by atoms with Gasteiger partial charge in [0, 0.05) is 11.1 Å². The molecule has 0 aliphatic heterocycles. The van der Waals surface area contributed by atoms with Crippen LogP contribution in [0.25, 0.3) is 6.08 Å². The maximum Gasteiger partial charge on any atom is 0.330 e. The Morgan fingerprint density at radius 1 is 0.914 bits per heavy atom. The molecule has 0 bridgehead atoms. The first-order chi connectivity index (χ1) is 16.9. The summed E-state index contributed by atoms with van der Waals surface area (Å²) >= 11 is 6.21. The lowest BCUT2D eigenvalue weighted by molar-refractivity contribution is -0.114. The van der Waals surface area contributed by atoms with Crippen LogP contribution in [0.3, 0.4) is 0 Å². The summed E-state index contributed by atoms with van der Waals surface area (Å²) < 4.78 is 1.25. The summed E-state index contributed by atoms with van der Waals surface area (Å²) in [7, 11) is 0. The number of amides is 1. The van der Waals surface area contributed by atoms with Crippen molar-refractivity contribution in [2.24, 2.45) is 0 Å². The second-order valence-corrected chi connectivity index (χ2v) is 8.24. The maximum absolute atomic E-state index is 13.4. The van der Waals surface area contributed by atoms with Gasteiger partial charge in [-0.2, -0.15) is 0 Å². The summed E-state index contributed by atoms with van der Waals surface area (Å²) in [5.41, 5.74) is 7.12. The number of nitrogen functional groups attached to an aromatic ring is 1. The first-order valence-corrected chi connectivity index (χ1v) is 11.3. The zero-order valence-corrected chi connectivity index (χ0v) is 19.5. The van der Waals surface area contributed by atoms with Crippen LogP contribution in [0.2, 0.25) is 5.02 Å². The molecule has 0 aliphatic carbocycles. The quantitative estimate of drug-likeness (QED) is 0.384. The molecule has 7 nitrogen and oxygen atoms in total. The minimum atomic E-state index is -0.743. The summed E-state index contributed by atoms with van der Waals surface area (Å²) in [4.78, 5) is 42.5. The Balaban J connectivity index is 1.79. The number of nitrogens with one attached hydrogen (secondary N) is 1. The number of rotatable bonds is 7. The zero-order chi connectivity index (χ0) is 24.8. The number of nitrogens with zero attached hydrogens (tertiary/aromatic N) is 2. The summed E-state index contributed by atoms with van der Waals surface area (Å²) in [6.07, 6.45) is 2.91. The molecule has 3 N–H and O–H groups in total. The minimum absolute atomic E-state index is 0.0728. The molecule has 0 saturated heterocycles. The van der Waals surface area contributed by atoms with E-state index in [-0.39, 0.29) is 24.6 Å². The first-order valence-electron chi connectivity index (χ1n) is 10.9.